The molecule has 4 rings (SSSR count). The van der Waals surface area contributed by atoms with Crippen molar-refractivity contribution < 1.29 is 24.1 Å². The second kappa shape index (κ2) is 13.3. The number of amides is 1. The van der Waals surface area contributed by atoms with E-state index < -0.39 is 39.0 Å². The Balaban J connectivity index is 1.43. The van der Waals surface area contributed by atoms with Crippen LogP contribution in [0.15, 0.2) is 109 Å². The van der Waals surface area contributed by atoms with Gasteiger partial charge >= 0.3 is 6.09 Å². The third kappa shape index (κ3) is 7.11. The molecular formula is C31H29N3O7. The van der Waals surface area contributed by atoms with Gasteiger partial charge in [0.05, 0.1) is 21.6 Å². The fourth-order valence-electron chi connectivity index (χ4n) is 4.63. The molecule has 10 heteroatoms. The van der Waals surface area contributed by atoms with Crippen LogP contribution in [0.5, 0.6) is 0 Å². The first-order valence-corrected chi connectivity index (χ1v) is 13.0. The van der Waals surface area contributed by atoms with Gasteiger partial charge < -0.3 is 9.47 Å². The van der Waals surface area contributed by atoms with E-state index in [2.05, 4.69) is 5.32 Å². The highest BCUT2D eigenvalue weighted by molar-refractivity contribution is 5.85. The van der Waals surface area contributed by atoms with Crippen molar-refractivity contribution in [2.24, 2.45) is 0 Å². The van der Waals surface area contributed by atoms with Gasteiger partial charge in [-0.25, -0.2) is 4.79 Å². The Morgan fingerprint density at radius 1 is 0.780 bits per heavy atom. The molecule has 0 spiro atoms. The van der Waals surface area contributed by atoms with Gasteiger partial charge in [0.25, 0.3) is 11.4 Å². The van der Waals surface area contributed by atoms with Crippen LogP contribution in [-0.2, 0) is 15.1 Å². The molecule has 10 nitrogen and oxygen atoms in total. The van der Waals surface area contributed by atoms with Gasteiger partial charge in [0, 0.05) is 18.7 Å². The lowest BCUT2D eigenvalue weighted by Gasteiger charge is -2.36. The van der Waals surface area contributed by atoms with Gasteiger partial charge in [-0.1, -0.05) is 91.0 Å². The summed E-state index contributed by atoms with van der Waals surface area (Å²) < 4.78 is 12.1. The maximum Gasteiger partial charge on any atom is 0.411 e. The zero-order valence-electron chi connectivity index (χ0n) is 22.3. The molecule has 0 bridgehead atoms. The Kier molecular flexibility index (Phi) is 9.39. The molecule has 1 N–H and O–H groups in total. The van der Waals surface area contributed by atoms with Crippen molar-refractivity contribution in [1.82, 2.24) is 0 Å². The van der Waals surface area contributed by atoms with E-state index in [-0.39, 0.29) is 5.69 Å². The molecule has 0 heterocycles. The zero-order chi connectivity index (χ0) is 29.2. The number of hydrogen-bond donors (Lipinski definition) is 1. The number of nitro benzene ring substituents is 2. The van der Waals surface area contributed by atoms with E-state index >= 15 is 0 Å². The summed E-state index contributed by atoms with van der Waals surface area (Å²) in [5, 5.41) is 24.6. The lowest BCUT2D eigenvalue weighted by molar-refractivity contribution is -0.394. The predicted molar refractivity (Wildman–Crippen MR) is 154 cm³/mol. The van der Waals surface area contributed by atoms with Crippen molar-refractivity contribution >= 4 is 23.2 Å². The average Bonchev–Trinajstić information content (AvgIpc) is 2.98. The van der Waals surface area contributed by atoms with Crippen LogP contribution in [0.25, 0.3) is 0 Å². The molecule has 0 aromatic heterocycles. The van der Waals surface area contributed by atoms with Gasteiger partial charge in [0.1, 0.15) is 11.7 Å². The molecule has 0 fully saturated rings. The normalized spacial score (nSPS) is 11.8. The van der Waals surface area contributed by atoms with Crippen LogP contribution in [0, 0.1) is 20.2 Å². The van der Waals surface area contributed by atoms with Crippen molar-refractivity contribution in [1.29, 1.82) is 0 Å². The number of nitro groups is 2. The van der Waals surface area contributed by atoms with Crippen molar-refractivity contribution in [2.75, 3.05) is 11.9 Å². The highest BCUT2D eigenvalue weighted by Crippen LogP contribution is 2.40. The first kappa shape index (κ1) is 28.9. The minimum Gasteiger partial charge on any atom is -0.446 e. The van der Waals surface area contributed by atoms with E-state index in [0.717, 1.165) is 34.9 Å². The summed E-state index contributed by atoms with van der Waals surface area (Å²) in [4.78, 5) is 33.1. The van der Waals surface area contributed by atoms with Crippen molar-refractivity contribution in [3.63, 3.8) is 0 Å². The summed E-state index contributed by atoms with van der Waals surface area (Å²) in [6.45, 7) is 2.07. The van der Waals surface area contributed by atoms with E-state index in [1.54, 1.807) is 6.92 Å². The number of anilines is 1. The highest BCUT2D eigenvalue weighted by Gasteiger charge is 2.37. The molecule has 0 aliphatic rings. The number of ether oxygens (including phenoxy) is 2. The summed E-state index contributed by atoms with van der Waals surface area (Å²) in [5.74, 6) is 0. The Morgan fingerprint density at radius 3 is 1.63 bits per heavy atom. The quantitative estimate of drug-likeness (QED) is 0.0843. The molecule has 210 valence electrons. The van der Waals surface area contributed by atoms with Gasteiger partial charge in [-0.2, -0.15) is 0 Å². The number of nitrogens with zero attached hydrogens (tertiary/aromatic N) is 2. The van der Waals surface area contributed by atoms with E-state index in [1.807, 2.05) is 91.0 Å². The van der Waals surface area contributed by atoms with Crippen molar-refractivity contribution in [3.8, 4) is 0 Å². The van der Waals surface area contributed by atoms with Crippen LogP contribution in [0.3, 0.4) is 0 Å². The molecule has 4 aromatic rings. The number of carbonyl (C=O) groups is 1. The number of rotatable bonds is 12. The van der Waals surface area contributed by atoms with Gasteiger partial charge in [0.2, 0.25) is 0 Å². The van der Waals surface area contributed by atoms with Crippen LogP contribution < -0.4 is 5.32 Å². The Bertz CT molecular complexity index is 1350. The van der Waals surface area contributed by atoms with Gasteiger partial charge in [0.15, 0.2) is 0 Å². The minimum absolute atomic E-state index is 0.107. The molecule has 0 saturated carbocycles. The summed E-state index contributed by atoms with van der Waals surface area (Å²) in [6.07, 6.45) is -0.366. The number of hydrogen-bond acceptors (Lipinski definition) is 7. The SMILES string of the molecule is CC(CCCOC(c1ccccc1)(c1ccccc1)c1ccccc1)OC(=O)Nc1cc([N+](=O)[O-])cc([N+](=O)[O-])c1. The molecule has 1 unspecified atom stereocenters. The third-order valence-corrected chi connectivity index (χ3v) is 6.49. The molecule has 41 heavy (non-hydrogen) atoms. The molecule has 4 aromatic carbocycles. The van der Waals surface area contributed by atoms with Crippen molar-refractivity contribution in [2.45, 2.75) is 31.5 Å². The standard InChI is InChI=1S/C31H29N3O7/c1-23(41-30(35)32-27-20-28(33(36)37)22-29(21-27)34(38)39)12-11-19-40-31(24-13-5-2-6-14-24,25-15-7-3-8-16-25)26-17-9-4-10-18-26/h2-10,13-18,20-23H,11-12,19H2,1H3,(H,32,35). The predicted octanol–water partition coefficient (Wildman–Crippen LogP) is 7.23. The second-order valence-corrected chi connectivity index (χ2v) is 9.36. The van der Waals surface area contributed by atoms with E-state index in [0.29, 0.717) is 19.4 Å². The Hall–Kier alpha value is -5.09. The molecule has 0 aliphatic heterocycles. The van der Waals surface area contributed by atoms with Gasteiger partial charge in [-0.3, -0.25) is 25.5 Å². The average molecular weight is 556 g/mol. The molecule has 1 atom stereocenters. The minimum atomic E-state index is -0.875. The number of benzene rings is 4. The Labute approximate surface area is 236 Å². The Morgan fingerprint density at radius 2 is 1.22 bits per heavy atom. The molecular weight excluding hydrogens is 526 g/mol. The van der Waals surface area contributed by atoms with Crippen LogP contribution in [0.4, 0.5) is 21.9 Å². The molecule has 1 amide bonds. The van der Waals surface area contributed by atoms with E-state index in [4.69, 9.17) is 9.47 Å². The molecule has 0 radical (unpaired) electrons. The lowest BCUT2D eigenvalue weighted by Crippen LogP contribution is -2.33. The maximum absolute atomic E-state index is 12.4. The fraction of sp³-hybridized carbons (Fsp3) is 0.194. The number of carbonyl (C=O) groups excluding carboxylic acids is 1. The first-order chi connectivity index (χ1) is 19.8. The van der Waals surface area contributed by atoms with E-state index in [1.165, 1.54) is 0 Å². The second-order valence-electron chi connectivity index (χ2n) is 9.36. The van der Waals surface area contributed by atoms with Crippen LogP contribution >= 0.6 is 0 Å². The summed E-state index contributed by atoms with van der Waals surface area (Å²) in [5.41, 5.74) is 0.940. The maximum atomic E-state index is 12.4. The first-order valence-electron chi connectivity index (χ1n) is 13.0. The molecule has 0 aliphatic carbocycles. The zero-order valence-corrected chi connectivity index (χ0v) is 22.3. The number of non-ortho nitro benzene ring substituents is 2. The topological polar surface area (TPSA) is 134 Å². The molecule has 0 saturated heterocycles. The van der Waals surface area contributed by atoms with Gasteiger partial charge in [-0.15, -0.1) is 0 Å². The largest absolute Gasteiger partial charge is 0.446 e. The summed E-state index contributed by atoms with van der Waals surface area (Å²) in [7, 11) is 0. The summed E-state index contributed by atoms with van der Waals surface area (Å²) >= 11 is 0. The van der Waals surface area contributed by atoms with E-state index in [9.17, 15) is 25.0 Å². The van der Waals surface area contributed by atoms with Crippen LogP contribution in [0.1, 0.15) is 36.5 Å². The fourth-order valence-corrected chi connectivity index (χ4v) is 4.63. The lowest BCUT2D eigenvalue weighted by atomic mass is 9.80. The van der Waals surface area contributed by atoms with Crippen LogP contribution in [-0.4, -0.2) is 28.7 Å². The van der Waals surface area contributed by atoms with Gasteiger partial charge in [-0.05, 0) is 36.5 Å². The van der Waals surface area contributed by atoms with Crippen molar-refractivity contribution in [3.05, 3.63) is 146 Å². The highest BCUT2D eigenvalue weighted by atomic mass is 16.6. The monoisotopic (exact) mass is 555 g/mol. The number of nitrogens with one attached hydrogen (secondary N) is 1. The van der Waals surface area contributed by atoms with Crippen LogP contribution in [0.2, 0.25) is 0 Å². The smallest absolute Gasteiger partial charge is 0.411 e. The third-order valence-electron chi connectivity index (χ3n) is 6.49. The summed E-state index contributed by atoms with van der Waals surface area (Å²) in [6, 6.07) is 32.8.